The zero-order valence-corrected chi connectivity index (χ0v) is 10.2. The molecule has 0 saturated heterocycles. The highest BCUT2D eigenvalue weighted by Crippen LogP contribution is 2.19. The van der Waals surface area contributed by atoms with Crippen LogP contribution in [0.4, 0.5) is 0 Å². The van der Waals surface area contributed by atoms with Gasteiger partial charge in [0.1, 0.15) is 6.04 Å². The summed E-state index contributed by atoms with van der Waals surface area (Å²) in [5.41, 5.74) is -0.444. The van der Waals surface area contributed by atoms with Gasteiger partial charge in [-0.1, -0.05) is 20.8 Å². The van der Waals surface area contributed by atoms with Gasteiger partial charge in [-0.2, -0.15) is 0 Å². The molecule has 0 saturated carbocycles. The van der Waals surface area contributed by atoms with E-state index in [0.717, 1.165) is 6.42 Å². The van der Waals surface area contributed by atoms with Crippen molar-refractivity contribution in [2.45, 2.75) is 47.1 Å². The van der Waals surface area contributed by atoms with E-state index in [9.17, 15) is 9.59 Å². The van der Waals surface area contributed by atoms with E-state index in [-0.39, 0.29) is 5.91 Å². The number of nitrogens with one attached hydrogen (secondary N) is 1. The van der Waals surface area contributed by atoms with E-state index < -0.39 is 17.4 Å². The van der Waals surface area contributed by atoms with Gasteiger partial charge in [0.2, 0.25) is 5.91 Å². The summed E-state index contributed by atoms with van der Waals surface area (Å²) in [6.45, 7) is 9.33. The maximum absolute atomic E-state index is 11.7. The van der Waals surface area contributed by atoms with Crippen LogP contribution in [0.1, 0.15) is 41.0 Å². The van der Waals surface area contributed by atoms with Gasteiger partial charge in [0.05, 0.1) is 6.61 Å². The van der Waals surface area contributed by atoms with Gasteiger partial charge < -0.3 is 10.1 Å². The van der Waals surface area contributed by atoms with Gasteiger partial charge in [-0.15, -0.1) is 0 Å². The Kier molecular flexibility index (Phi) is 5.33. The zero-order chi connectivity index (χ0) is 12.1. The smallest absolute Gasteiger partial charge is 0.328 e. The Hall–Kier alpha value is -1.06. The minimum absolute atomic E-state index is 0.120. The molecule has 4 heteroatoms. The van der Waals surface area contributed by atoms with Crippen LogP contribution in [-0.4, -0.2) is 24.5 Å². The second-order valence-corrected chi connectivity index (χ2v) is 4.18. The summed E-state index contributed by atoms with van der Waals surface area (Å²) >= 11 is 0. The monoisotopic (exact) mass is 215 g/mol. The summed E-state index contributed by atoms with van der Waals surface area (Å²) < 4.78 is 4.80. The van der Waals surface area contributed by atoms with Crippen molar-refractivity contribution in [2.75, 3.05) is 6.61 Å². The summed E-state index contributed by atoms with van der Waals surface area (Å²) in [4.78, 5) is 23.0. The van der Waals surface area contributed by atoms with Crippen LogP contribution in [0.3, 0.4) is 0 Å². The molecule has 0 aromatic carbocycles. The average molecular weight is 215 g/mol. The van der Waals surface area contributed by atoms with Gasteiger partial charge in [-0.25, -0.2) is 4.79 Å². The highest BCUT2D eigenvalue weighted by Gasteiger charge is 2.28. The summed E-state index contributed by atoms with van der Waals surface area (Å²) in [5, 5.41) is 2.64. The second-order valence-electron chi connectivity index (χ2n) is 4.18. The van der Waals surface area contributed by atoms with Gasteiger partial charge in [-0.3, -0.25) is 4.79 Å². The van der Waals surface area contributed by atoms with Crippen molar-refractivity contribution in [3.63, 3.8) is 0 Å². The lowest BCUT2D eigenvalue weighted by atomic mass is 9.89. The van der Waals surface area contributed by atoms with Crippen molar-refractivity contribution in [2.24, 2.45) is 5.41 Å². The molecule has 88 valence electrons. The fourth-order valence-corrected chi connectivity index (χ4v) is 0.879. The van der Waals surface area contributed by atoms with Gasteiger partial charge >= 0.3 is 5.97 Å². The number of amides is 1. The number of hydrogen-bond acceptors (Lipinski definition) is 3. The molecule has 1 amide bonds. The molecule has 0 spiro atoms. The second kappa shape index (κ2) is 5.73. The Bertz CT molecular complexity index is 236. The maximum Gasteiger partial charge on any atom is 0.328 e. The maximum atomic E-state index is 11.7. The molecule has 0 aliphatic carbocycles. The number of rotatable bonds is 5. The molecule has 0 aromatic heterocycles. The quantitative estimate of drug-likeness (QED) is 0.707. The molecule has 1 atom stereocenters. The van der Waals surface area contributed by atoms with E-state index in [4.69, 9.17) is 4.74 Å². The summed E-state index contributed by atoms with van der Waals surface area (Å²) in [5.74, 6) is -0.511. The fourth-order valence-electron chi connectivity index (χ4n) is 0.879. The molecule has 0 bridgehead atoms. The van der Waals surface area contributed by atoms with Gasteiger partial charge in [0, 0.05) is 5.41 Å². The molecule has 0 aromatic rings. The van der Waals surface area contributed by atoms with Gasteiger partial charge in [0.25, 0.3) is 0 Å². The van der Waals surface area contributed by atoms with Crippen LogP contribution in [0, 0.1) is 5.41 Å². The van der Waals surface area contributed by atoms with Crippen LogP contribution in [-0.2, 0) is 14.3 Å². The first-order valence-corrected chi connectivity index (χ1v) is 5.32. The van der Waals surface area contributed by atoms with Crippen LogP contribution in [0.2, 0.25) is 0 Å². The Balaban J connectivity index is 4.24. The van der Waals surface area contributed by atoms with Crippen LogP contribution >= 0.6 is 0 Å². The third kappa shape index (κ3) is 4.32. The molecule has 15 heavy (non-hydrogen) atoms. The largest absolute Gasteiger partial charge is 0.464 e. The summed E-state index contributed by atoms with van der Waals surface area (Å²) in [6, 6.07) is -0.580. The molecule has 0 fully saturated rings. The molecular weight excluding hydrogens is 194 g/mol. The Morgan fingerprint density at radius 2 is 1.87 bits per heavy atom. The molecule has 0 aliphatic heterocycles. The predicted molar refractivity (Wildman–Crippen MR) is 58.3 cm³/mol. The molecule has 0 aliphatic rings. The lowest BCUT2D eigenvalue weighted by Crippen LogP contribution is -2.45. The highest BCUT2D eigenvalue weighted by molar-refractivity contribution is 5.87. The van der Waals surface area contributed by atoms with Gasteiger partial charge in [0.15, 0.2) is 0 Å². The minimum Gasteiger partial charge on any atom is -0.464 e. The van der Waals surface area contributed by atoms with Crippen molar-refractivity contribution < 1.29 is 14.3 Å². The van der Waals surface area contributed by atoms with Crippen LogP contribution in [0.15, 0.2) is 0 Å². The van der Waals surface area contributed by atoms with Crippen LogP contribution in [0.5, 0.6) is 0 Å². The number of carbonyl (C=O) groups excluding carboxylic acids is 2. The van der Waals surface area contributed by atoms with E-state index in [1.807, 2.05) is 20.8 Å². The van der Waals surface area contributed by atoms with Crippen molar-refractivity contribution in [1.29, 1.82) is 0 Å². The number of hydrogen-bond donors (Lipinski definition) is 1. The third-order valence-electron chi connectivity index (χ3n) is 2.49. The van der Waals surface area contributed by atoms with Crippen LogP contribution in [0.25, 0.3) is 0 Å². The van der Waals surface area contributed by atoms with Crippen molar-refractivity contribution in [3.8, 4) is 0 Å². The van der Waals surface area contributed by atoms with E-state index >= 15 is 0 Å². The van der Waals surface area contributed by atoms with E-state index in [1.54, 1.807) is 13.8 Å². The molecule has 1 N–H and O–H groups in total. The number of ether oxygens (including phenoxy) is 1. The lowest BCUT2D eigenvalue weighted by Gasteiger charge is -2.23. The Labute approximate surface area is 91.4 Å². The van der Waals surface area contributed by atoms with Crippen molar-refractivity contribution in [1.82, 2.24) is 5.32 Å². The SMILES string of the molecule is CCOC(=O)[C@H](C)NC(=O)C(C)(C)CC. The zero-order valence-electron chi connectivity index (χ0n) is 10.2. The molecule has 0 unspecified atom stereocenters. The summed E-state index contributed by atoms with van der Waals surface area (Å²) in [6.07, 6.45) is 0.731. The normalized spacial score (nSPS) is 13.1. The summed E-state index contributed by atoms with van der Waals surface area (Å²) in [7, 11) is 0. The molecule has 0 heterocycles. The number of esters is 1. The molecular formula is C11H21NO3. The predicted octanol–water partition coefficient (Wildman–Crippen LogP) is 1.49. The topological polar surface area (TPSA) is 55.4 Å². The Morgan fingerprint density at radius 3 is 2.27 bits per heavy atom. The first kappa shape index (κ1) is 13.9. The van der Waals surface area contributed by atoms with E-state index in [2.05, 4.69) is 5.32 Å². The van der Waals surface area contributed by atoms with Gasteiger partial charge in [-0.05, 0) is 20.3 Å². The van der Waals surface area contributed by atoms with Crippen molar-refractivity contribution in [3.05, 3.63) is 0 Å². The number of carbonyl (C=O) groups is 2. The van der Waals surface area contributed by atoms with E-state index in [0.29, 0.717) is 6.61 Å². The van der Waals surface area contributed by atoms with E-state index in [1.165, 1.54) is 0 Å². The third-order valence-corrected chi connectivity index (χ3v) is 2.49. The Morgan fingerprint density at radius 1 is 1.33 bits per heavy atom. The fraction of sp³-hybridized carbons (Fsp3) is 0.818. The average Bonchev–Trinajstić information content (AvgIpc) is 2.17. The minimum atomic E-state index is -0.580. The first-order chi connectivity index (χ1) is 6.85. The van der Waals surface area contributed by atoms with Crippen LogP contribution < -0.4 is 5.32 Å². The molecule has 0 radical (unpaired) electrons. The first-order valence-electron chi connectivity index (χ1n) is 5.32. The molecule has 0 rings (SSSR count). The molecule has 4 nitrogen and oxygen atoms in total. The highest BCUT2D eigenvalue weighted by atomic mass is 16.5. The van der Waals surface area contributed by atoms with Crippen molar-refractivity contribution >= 4 is 11.9 Å². The lowest BCUT2D eigenvalue weighted by molar-refractivity contribution is -0.148. The standard InChI is InChI=1S/C11H21NO3/c1-6-11(4,5)10(14)12-8(3)9(13)15-7-2/h8H,6-7H2,1-5H3,(H,12,14)/t8-/m0/s1.